The van der Waals surface area contributed by atoms with E-state index in [0.717, 1.165) is 11.3 Å². The van der Waals surface area contributed by atoms with Crippen molar-refractivity contribution in [3.05, 3.63) is 28.8 Å². The number of anilines is 1. The van der Waals surface area contributed by atoms with E-state index in [9.17, 15) is 4.79 Å². The van der Waals surface area contributed by atoms with Gasteiger partial charge in [0.25, 0.3) is 0 Å². The molecule has 0 heterocycles. The van der Waals surface area contributed by atoms with Crippen molar-refractivity contribution in [3.8, 4) is 0 Å². The molecule has 0 aromatic heterocycles. The molecular weight excluding hydrogens is 200 g/mol. The highest BCUT2D eigenvalue weighted by Gasteiger charge is 2.09. The second-order valence-corrected chi connectivity index (χ2v) is 3.59. The third-order valence-electron chi connectivity index (χ3n) is 2.07. The Morgan fingerprint density at radius 1 is 1.57 bits per heavy atom. The topological polar surface area (TPSA) is 55.1 Å². The molecule has 0 spiro atoms. The largest absolute Gasteiger partial charge is 0.374 e. The van der Waals surface area contributed by atoms with E-state index in [1.807, 2.05) is 19.1 Å². The molecule has 0 saturated heterocycles. The lowest BCUT2D eigenvalue weighted by molar-refractivity contribution is -0.118. The summed E-state index contributed by atoms with van der Waals surface area (Å²) in [6.45, 7) is 3.60. The number of halogens is 1. The van der Waals surface area contributed by atoms with Crippen LogP contribution in [0.2, 0.25) is 5.02 Å². The van der Waals surface area contributed by atoms with Crippen molar-refractivity contribution in [1.82, 2.24) is 0 Å². The minimum Gasteiger partial charge on any atom is -0.374 e. The molecule has 1 aromatic carbocycles. The zero-order chi connectivity index (χ0) is 10.7. The lowest BCUT2D eigenvalue weighted by Crippen LogP contribution is -2.32. The van der Waals surface area contributed by atoms with E-state index in [1.165, 1.54) is 0 Å². The van der Waals surface area contributed by atoms with Gasteiger partial charge in [-0.15, -0.1) is 0 Å². The molecule has 0 saturated carbocycles. The van der Waals surface area contributed by atoms with Crippen LogP contribution < -0.4 is 11.1 Å². The van der Waals surface area contributed by atoms with Gasteiger partial charge in [0.05, 0.1) is 0 Å². The number of carbonyl (C=O) groups excluding carboxylic acids is 1. The molecule has 0 aliphatic carbocycles. The number of nitrogens with one attached hydrogen (secondary N) is 1. The molecule has 3 nitrogen and oxygen atoms in total. The van der Waals surface area contributed by atoms with Crippen LogP contribution in [0.5, 0.6) is 0 Å². The van der Waals surface area contributed by atoms with Crippen LogP contribution in [0.3, 0.4) is 0 Å². The molecule has 3 N–H and O–H groups in total. The molecule has 0 bridgehead atoms. The molecule has 1 unspecified atom stereocenters. The molecule has 4 heteroatoms. The van der Waals surface area contributed by atoms with Gasteiger partial charge in [0.15, 0.2) is 0 Å². The van der Waals surface area contributed by atoms with E-state index in [4.69, 9.17) is 17.3 Å². The van der Waals surface area contributed by atoms with E-state index in [1.54, 1.807) is 13.0 Å². The van der Waals surface area contributed by atoms with Gasteiger partial charge in [-0.25, -0.2) is 0 Å². The zero-order valence-corrected chi connectivity index (χ0v) is 8.93. The third-order valence-corrected chi connectivity index (χ3v) is 2.48. The number of carbonyl (C=O) groups is 1. The fraction of sp³-hybridized carbons (Fsp3) is 0.300. The van der Waals surface area contributed by atoms with Crippen molar-refractivity contribution >= 4 is 23.2 Å². The smallest absolute Gasteiger partial charge is 0.239 e. The molecule has 1 aromatic rings. The maximum absolute atomic E-state index is 10.8. The first-order chi connectivity index (χ1) is 6.52. The average Bonchev–Trinajstić information content (AvgIpc) is 2.12. The van der Waals surface area contributed by atoms with Gasteiger partial charge in [-0.05, 0) is 31.5 Å². The number of rotatable bonds is 3. The number of benzene rings is 1. The summed E-state index contributed by atoms with van der Waals surface area (Å²) in [4.78, 5) is 10.8. The normalized spacial score (nSPS) is 12.2. The van der Waals surface area contributed by atoms with Crippen molar-refractivity contribution in [3.63, 3.8) is 0 Å². The van der Waals surface area contributed by atoms with Gasteiger partial charge < -0.3 is 11.1 Å². The summed E-state index contributed by atoms with van der Waals surface area (Å²) >= 11 is 5.92. The van der Waals surface area contributed by atoms with Crippen LogP contribution in [-0.4, -0.2) is 11.9 Å². The summed E-state index contributed by atoms with van der Waals surface area (Å²) in [5.74, 6) is -0.385. The van der Waals surface area contributed by atoms with Crippen molar-refractivity contribution in [1.29, 1.82) is 0 Å². The van der Waals surface area contributed by atoms with Gasteiger partial charge in [-0.3, -0.25) is 4.79 Å². The standard InChI is InChI=1S/C10H13ClN2O/c1-6-8(11)4-3-5-9(6)13-7(2)10(12)14/h3-5,7,13H,1-2H3,(H2,12,14). The summed E-state index contributed by atoms with van der Waals surface area (Å²) in [6, 6.07) is 5.09. The maximum atomic E-state index is 10.8. The van der Waals surface area contributed by atoms with Crippen molar-refractivity contribution < 1.29 is 4.79 Å². The van der Waals surface area contributed by atoms with Crippen molar-refractivity contribution in [2.24, 2.45) is 5.73 Å². The van der Waals surface area contributed by atoms with Gasteiger partial charge in [0.1, 0.15) is 6.04 Å². The SMILES string of the molecule is Cc1c(Cl)cccc1NC(C)C(N)=O. The molecule has 0 aliphatic heterocycles. The van der Waals surface area contributed by atoms with Gasteiger partial charge in [0, 0.05) is 10.7 Å². The Bertz CT molecular complexity index is 352. The fourth-order valence-corrected chi connectivity index (χ4v) is 1.24. The predicted octanol–water partition coefficient (Wildman–Crippen LogP) is 1.93. The summed E-state index contributed by atoms with van der Waals surface area (Å²) in [6.07, 6.45) is 0. The van der Waals surface area contributed by atoms with Crippen molar-refractivity contribution in [2.75, 3.05) is 5.32 Å². The molecule has 0 fully saturated rings. The zero-order valence-electron chi connectivity index (χ0n) is 8.17. The highest BCUT2D eigenvalue weighted by molar-refractivity contribution is 6.31. The Balaban J connectivity index is 2.87. The van der Waals surface area contributed by atoms with Crippen LogP contribution in [0.15, 0.2) is 18.2 Å². The minimum absolute atomic E-state index is 0.385. The van der Waals surface area contributed by atoms with Gasteiger partial charge in [-0.1, -0.05) is 17.7 Å². The first-order valence-electron chi connectivity index (χ1n) is 4.33. The molecule has 1 atom stereocenters. The Kier molecular flexibility index (Phi) is 3.36. The first-order valence-corrected chi connectivity index (χ1v) is 4.71. The quantitative estimate of drug-likeness (QED) is 0.805. The Labute approximate surface area is 88.2 Å². The van der Waals surface area contributed by atoms with E-state index in [2.05, 4.69) is 5.32 Å². The molecular formula is C10H13ClN2O. The number of amides is 1. The van der Waals surface area contributed by atoms with Crippen molar-refractivity contribution in [2.45, 2.75) is 19.9 Å². The van der Waals surface area contributed by atoms with Gasteiger partial charge >= 0.3 is 0 Å². The van der Waals surface area contributed by atoms with Crippen LogP contribution in [0.4, 0.5) is 5.69 Å². The van der Waals surface area contributed by atoms with Crippen LogP contribution in [0.25, 0.3) is 0 Å². The predicted molar refractivity (Wildman–Crippen MR) is 58.5 cm³/mol. The summed E-state index contributed by atoms with van der Waals surface area (Å²) in [5, 5.41) is 3.66. The maximum Gasteiger partial charge on any atom is 0.239 e. The molecule has 76 valence electrons. The number of nitrogens with two attached hydrogens (primary N) is 1. The molecule has 0 aliphatic rings. The molecule has 1 amide bonds. The third kappa shape index (κ3) is 2.39. The molecule has 14 heavy (non-hydrogen) atoms. The summed E-state index contributed by atoms with van der Waals surface area (Å²) < 4.78 is 0. The lowest BCUT2D eigenvalue weighted by Gasteiger charge is -2.14. The highest BCUT2D eigenvalue weighted by atomic mass is 35.5. The Morgan fingerprint density at radius 3 is 2.79 bits per heavy atom. The summed E-state index contributed by atoms with van der Waals surface area (Å²) in [5.41, 5.74) is 6.89. The number of primary amides is 1. The Morgan fingerprint density at radius 2 is 2.21 bits per heavy atom. The highest BCUT2D eigenvalue weighted by Crippen LogP contribution is 2.23. The van der Waals surface area contributed by atoms with Gasteiger partial charge in [0.2, 0.25) is 5.91 Å². The second kappa shape index (κ2) is 4.33. The van der Waals surface area contributed by atoms with Gasteiger partial charge in [-0.2, -0.15) is 0 Å². The monoisotopic (exact) mass is 212 g/mol. The van der Waals surface area contributed by atoms with E-state index in [0.29, 0.717) is 5.02 Å². The number of hydrogen-bond acceptors (Lipinski definition) is 2. The van der Waals surface area contributed by atoms with Crippen LogP contribution in [-0.2, 0) is 4.79 Å². The van der Waals surface area contributed by atoms with Crippen LogP contribution in [0.1, 0.15) is 12.5 Å². The van der Waals surface area contributed by atoms with E-state index < -0.39 is 6.04 Å². The van der Waals surface area contributed by atoms with E-state index in [-0.39, 0.29) is 5.91 Å². The summed E-state index contributed by atoms with van der Waals surface area (Å²) in [7, 11) is 0. The fourth-order valence-electron chi connectivity index (χ4n) is 1.07. The van der Waals surface area contributed by atoms with Crippen LogP contribution >= 0.6 is 11.6 Å². The Hall–Kier alpha value is -1.22. The van der Waals surface area contributed by atoms with E-state index >= 15 is 0 Å². The lowest BCUT2D eigenvalue weighted by atomic mass is 10.2. The minimum atomic E-state index is -0.396. The number of hydrogen-bond donors (Lipinski definition) is 2. The van der Waals surface area contributed by atoms with Crippen LogP contribution in [0, 0.1) is 6.92 Å². The molecule has 0 radical (unpaired) electrons. The second-order valence-electron chi connectivity index (χ2n) is 3.18. The molecule has 1 rings (SSSR count). The average molecular weight is 213 g/mol. The first kappa shape index (κ1) is 10.9.